The van der Waals surface area contributed by atoms with Crippen molar-refractivity contribution in [3.05, 3.63) is 41.9 Å². The summed E-state index contributed by atoms with van der Waals surface area (Å²) in [5.74, 6) is -2.79. The molecule has 0 fully saturated rings. The summed E-state index contributed by atoms with van der Waals surface area (Å²) in [6.45, 7) is 2.27. The Kier molecular flexibility index (Phi) is 3.90. The van der Waals surface area contributed by atoms with Crippen LogP contribution in [0.15, 0.2) is 30.5 Å². The molecule has 3 rings (SSSR count). The minimum Gasteiger partial charge on any atom is -0.481 e. The number of carboxylic acids is 1. The highest BCUT2D eigenvalue weighted by Gasteiger charge is 2.27. The minimum atomic E-state index is -1.11. The quantitative estimate of drug-likeness (QED) is 0.855. The first-order valence-corrected chi connectivity index (χ1v) is 7.45. The lowest BCUT2D eigenvalue weighted by Crippen LogP contribution is -2.40. The normalized spacial score (nSPS) is 16.3. The maximum absolute atomic E-state index is 13.2. The zero-order valence-electron chi connectivity index (χ0n) is 12.7. The van der Waals surface area contributed by atoms with Crippen LogP contribution in [0.25, 0.3) is 16.5 Å². The van der Waals surface area contributed by atoms with Gasteiger partial charge in [0.05, 0.1) is 0 Å². The van der Waals surface area contributed by atoms with Gasteiger partial charge < -0.3 is 15.0 Å². The summed E-state index contributed by atoms with van der Waals surface area (Å²) in [6.07, 6.45) is 4.41. The molecule has 2 N–H and O–H groups in total. The van der Waals surface area contributed by atoms with Gasteiger partial charge in [0, 0.05) is 35.8 Å². The van der Waals surface area contributed by atoms with Crippen LogP contribution >= 0.6 is 0 Å². The van der Waals surface area contributed by atoms with Gasteiger partial charge in [0.2, 0.25) is 5.91 Å². The van der Waals surface area contributed by atoms with Crippen molar-refractivity contribution < 1.29 is 19.1 Å². The van der Waals surface area contributed by atoms with Crippen molar-refractivity contribution in [2.45, 2.75) is 13.3 Å². The lowest BCUT2D eigenvalue weighted by molar-refractivity contribution is -0.150. The first-order valence-electron chi connectivity index (χ1n) is 7.45. The van der Waals surface area contributed by atoms with E-state index in [-0.39, 0.29) is 11.7 Å². The number of fused-ring (bicyclic) bond motifs is 1. The van der Waals surface area contributed by atoms with Crippen LogP contribution in [0.3, 0.4) is 0 Å². The number of carbonyl (C=O) groups excluding carboxylic acids is 1. The topological polar surface area (TPSA) is 73.4 Å². The van der Waals surface area contributed by atoms with Crippen molar-refractivity contribution >= 4 is 28.4 Å². The lowest BCUT2D eigenvalue weighted by atomic mass is 9.98. The fourth-order valence-corrected chi connectivity index (χ4v) is 2.86. The first-order chi connectivity index (χ1) is 11.0. The molecule has 5 nitrogen and oxygen atoms in total. The molecule has 1 aliphatic rings. The van der Waals surface area contributed by atoms with Gasteiger partial charge >= 0.3 is 5.97 Å². The third kappa shape index (κ3) is 2.84. The zero-order valence-corrected chi connectivity index (χ0v) is 12.7. The zero-order chi connectivity index (χ0) is 16.6. The monoisotopic (exact) mass is 316 g/mol. The Morgan fingerprint density at radius 3 is 2.83 bits per heavy atom. The third-order valence-corrected chi connectivity index (χ3v) is 4.25. The van der Waals surface area contributed by atoms with Gasteiger partial charge in [-0.3, -0.25) is 9.59 Å². The molecule has 23 heavy (non-hydrogen) atoms. The number of H-pyrrole nitrogens is 1. The smallest absolute Gasteiger partial charge is 0.315 e. The fraction of sp³-hybridized carbons (Fsp3) is 0.294. The molecule has 0 aliphatic carbocycles. The van der Waals surface area contributed by atoms with Crippen LogP contribution < -0.4 is 0 Å². The number of nitrogens with one attached hydrogen (secondary N) is 1. The van der Waals surface area contributed by atoms with Crippen molar-refractivity contribution in [1.29, 1.82) is 0 Å². The summed E-state index contributed by atoms with van der Waals surface area (Å²) < 4.78 is 13.2. The van der Waals surface area contributed by atoms with E-state index in [2.05, 4.69) is 4.98 Å². The van der Waals surface area contributed by atoms with Gasteiger partial charge in [-0.1, -0.05) is 6.08 Å². The highest BCUT2D eigenvalue weighted by atomic mass is 19.1. The van der Waals surface area contributed by atoms with Crippen molar-refractivity contribution in [2.24, 2.45) is 5.92 Å². The Labute approximate surface area is 132 Å². The Bertz CT molecular complexity index is 809. The maximum Gasteiger partial charge on any atom is 0.315 e. The van der Waals surface area contributed by atoms with Crippen molar-refractivity contribution in [2.75, 3.05) is 13.1 Å². The number of hydrogen-bond donors (Lipinski definition) is 2. The van der Waals surface area contributed by atoms with Gasteiger partial charge in [0.1, 0.15) is 11.7 Å². The molecule has 2 aromatic rings. The van der Waals surface area contributed by atoms with Crippen LogP contribution in [0.5, 0.6) is 0 Å². The van der Waals surface area contributed by atoms with Crippen molar-refractivity contribution in [3.8, 4) is 0 Å². The molecule has 1 unspecified atom stereocenters. The van der Waals surface area contributed by atoms with E-state index >= 15 is 0 Å². The number of carbonyl (C=O) groups is 2. The van der Waals surface area contributed by atoms with Gasteiger partial charge in [-0.05, 0) is 37.1 Å². The fourth-order valence-electron chi connectivity index (χ4n) is 2.86. The number of benzene rings is 1. The van der Waals surface area contributed by atoms with E-state index in [4.69, 9.17) is 5.11 Å². The van der Waals surface area contributed by atoms with Crippen LogP contribution in [0.1, 0.15) is 18.9 Å². The molecule has 0 saturated carbocycles. The number of aliphatic carboxylic acids is 1. The summed E-state index contributed by atoms with van der Waals surface area (Å²) in [7, 11) is 0. The SMILES string of the molecule is CC(C(=O)O)C(=O)N1CC=C(c2c[nH]c3cc(F)ccc23)CC1. The van der Waals surface area contributed by atoms with Crippen LogP contribution in [-0.2, 0) is 9.59 Å². The number of halogens is 1. The number of hydrogen-bond acceptors (Lipinski definition) is 2. The van der Waals surface area contributed by atoms with E-state index in [1.807, 2.05) is 12.3 Å². The van der Waals surface area contributed by atoms with E-state index in [0.717, 1.165) is 22.0 Å². The second-order valence-corrected chi connectivity index (χ2v) is 5.72. The van der Waals surface area contributed by atoms with Crippen LogP contribution in [-0.4, -0.2) is 40.0 Å². The van der Waals surface area contributed by atoms with Gasteiger partial charge in [-0.15, -0.1) is 0 Å². The molecule has 0 saturated heterocycles. The minimum absolute atomic E-state index is 0.289. The number of nitrogens with zero attached hydrogens (tertiary/aromatic N) is 1. The molecule has 120 valence electrons. The van der Waals surface area contributed by atoms with Crippen molar-refractivity contribution in [1.82, 2.24) is 9.88 Å². The van der Waals surface area contributed by atoms with Crippen LogP contribution in [0.4, 0.5) is 4.39 Å². The van der Waals surface area contributed by atoms with E-state index in [0.29, 0.717) is 19.5 Å². The predicted molar refractivity (Wildman–Crippen MR) is 84.2 cm³/mol. The van der Waals surface area contributed by atoms with E-state index in [1.54, 1.807) is 11.0 Å². The summed E-state index contributed by atoms with van der Waals surface area (Å²) in [5, 5.41) is 9.87. The number of rotatable bonds is 3. The van der Waals surface area contributed by atoms with E-state index in [1.165, 1.54) is 19.1 Å². The first kappa shape index (κ1) is 15.3. The maximum atomic E-state index is 13.2. The third-order valence-electron chi connectivity index (χ3n) is 4.25. The highest BCUT2D eigenvalue weighted by Crippen LogP contribution is 2.29. The van der Waals surface area contributed by atoms with Crippen LogP contribution in [0, 0.1) is 11.7 Å². The van der Waals surface area contributed by atoms with Gasteiger partial charge in [-0.25, -0.2) is 4.39 Å². The lowest BCUT2D eigenvalue weighted by Gasteiger charge is -2.27. The van der Waals surface area contributed by atoms with E-state index < -0.39 is 11.9 Å². The highest BCUT2D eigenvalue weighted by molar-refractivity contribution is 5.97. The largest absolute Gasteiger partial charge is 0.481 e. The Hall–Kier alpha value is -2.63. The summed E-state index contributed by atoms with van der Waals surface area (Å²) in [6, 6.07) is 4.61. The molecule has 1 amide bonds. The van der Waals surface area contributed by atoms with Gasteiger partial charge in [0.15, 0.2) is 0 Å². The average molecular weight is 316 g/mol. The number of carboxylic acid groups (broad SMARTS) is 1. The van der Waals surface area contributed by atoms with Gasteiger partial charge in [0.25, 0.3) is 0 Å². The molecular formula is C17H17FN2O3. The van der Waals surface area contributed by atoms with Gasteiger partial charge in [-0.2, -0.15) is 0 Å². The Morgan fingerprint density at radius 2 is 2.17 bits per heavy atom. The molecular weight excluding hydrogens is 299 g/mol. The average Bonchev–Trinajstić information content (AvgIpc) is 2.96. The Balaban J connectivity index is 1.81. The van der Waals surface area contributed by atoms with Crippen molar-refractivity contribution in [3.63, 3.8) is 0 Å². The summed E-state index contributed by atoms with van der Waals surface area (Å²) >= 11 is 0. The number of aromatic amines is 1. The number of aromatic nitrogens is 1. The standard InChI is InChI=1S/C17H17FN2O3/c1-10(17(22)23)16(21)20-6-4-11(5-7-20)14-9-19-15-8-12(18)2-3-13(14)15/h2-4,8-10,19H,5-7H2,1H3,(H,22,23). The van der Waals surface area contributed by atoms with Crippen LogP contribution in [0.2, 0.25) is 0 Å². The summed E-state index contributed by atoms with van der Waals surface area (Å²) in [4.78, 5) is 27.6. The molecule has 0 radical (unpaired) electrons. The molecule has 1 aromatic heterocycles. The summed E-state index contributed by atoms with van der Waals surface area (Å²) in [5.41, 5.74) is 2.81. The molecule has 1 aliphatic heterocycles. The molecule has 1 atom stereocenters. The molecule has 1 aromatic carbocycles. The molecule has 2 heterocycles. The number of amides is 1. The second kappa shape index (κ2) is 5.87. The Morgan fingerprint density at radius 1 is 1.39 bits per heavy atom. The molecule has 0 bridgehead atoms. The molecule has 0 spiro atoms. The predicted octanol–water partition coefficient (Wildman–Crippen LogP) is 2.64. The second-order valence-electron chi connectivity index (χ2n) is 5.72. The molecule has 6 heteroatoms. The van der Waals surface area contributed by atoms with E-state index in [9.17, 15) is 14.0 Å².